The van der Waals surface area contributed by atoms with Crippen molar-refractivity contribution in [2.45, 2.75) is 32.6 Å². The second-order valence-corrected chi connectivity index (χ2v) is 8.71. The van der Waals surface area contributed by atoms with Crippen molar-refractivity contribution >= 4 is 37.5 Å². The molecule has 0 fully saturated rings. The van der Waals surface area contributed by atoms with Gasteiger partial charge in [-0.15, -0.1) is 0 Å². The summed E-state index contributed by atoms with van der Waals surface area (Å²) >= 11 is 3.26. The van der Waals surface area contributed by atoms with Crippen molar-refractivity contribution in [3.63, 3.8) is 0 Å². The van der Waals surface area contributed by atoms with E-state index in [-0.39, 0.29) is 11.4 Å². The lowest BCUT2D eigenvalue weighted by Crippen LogP contribution is -2.33. The van der Waals surface area contributed by atoms with Gasteiger partial charge in [0.2, 0.25) is 15.9 Å². The molecule has 2 rings (SSSR count). The number of nitrogens with one attached hydrogen (secondary N) is 2. The Morgan fingerprint density at radius 3 is 2.20 bits per heavy atom. The van der Waals surface area contributed by atoms with Gasteiger partial charge in [-0.3, -0.25) is 4.79 Å². The SMILES string of the molecule is Cc1cc(C)c(NC(=O)CNS(=O)(=O)c2cc(Br)ccc2C)c(C)c1. The van der Waals surface area contributed by atoms with Gasteiger partial charge in [-0.1, -0.05) is 39.7 Å². The van der Waals surface area contributed by atoms with Gasteiger partial charge in [0.05, 0.1) is 11.4 Å². The number of amides is 1. The number of anilines is 1. The first kappa shape index (κ1) is 19.6. The lowest BCUT2D eigenvalue weighted by Gasteiger charge is -2.14. The van der Waals surface area contributed by atoms with E-state index in [1.54, 1.807) is 19.1 Å². The minimum Gasteiger partial charge on any atom is -0.324 e. The Bertz CT molecular complexity index is 901. The number of hydrogen-bond acceptors (Lipinski definition) is 3. The largest absolute Gasteiger partial charge is 0.324 e. The van der Waals surface area contributed by atoms with Crippen LogP contribution in [0.3, 0.4) is 0 Å². The summed E-state index contributed by atoms with van der Waals surface area (Å²) < 4.78 is 27.9. The summed E-state index contributed by atoms with van der Waals surface area (Å²) in [7, 11) is -3.77. The highest BCUT2D eigenvalue weighted by Gasteiger charge is 2.19. The van der Waals surface area contributed by atoms with Crippen LogP contribution in [0.25, 0.3) is 0 Å². The van der Waals surface area contributed by atoms with E-state index >= 15 is 0 Å². The van der Waals surface area contributed by atoms with E-state index in [2.05, 4.69) is 26.0 Å². The van der Waals surface area contributed by atoms with Crippen LogP contribution < -0.4 is 10.0 Å². The maximum Gasteiger partial charge on any atom is 0.241 e. The molecule has 0 spiro atoms. The fourth-order valence-electron chi connectivity index (χ4n) is 2.66. The average Bonchev–Trinajstić information content (AvgIpc) is 2.51. The van der Waals surface area contributed by atoms with E-state index in [4.69, 9.17) is 0 Å². The number of carbonyl (C=O) groups excluding carboxylic acids is 1. The summed E-state index contributed by atoms with van der Waals surface area (Å²) in [6.45, 7) is 7.18. The van der Waals surface area contributed by atoms with Gasteiger partial charge in [-0.2, -0.15) is 0 Å². The second-order valence-electron chi connectivity index (χ2n) is 6.06. The predicted octanol–water partition coefficient (Wildman–Crippen LogP) is 3.60. The summed E-state index contributed by atoms with van der Waals surface area (Å²) in [6, 6.07) is 8.93. The van der Waals surface area contributed by atoms with Crippen LogP contribution >= 0.6 is 15.9 Å². The molecule has 0 aliphatic rings. The van der Waals surface area contributed by atoms with Crippen molar-refractivity contribution in [3.8, 4) is 0 Å². The summed E-state index contributed by atoms with van der Waals surface area (Å²) in [4.78, 5) is 12.3. The van der Waals surface area contributed by atoms with Crippen LogP contribution in [0, 0.1) is 27.7 Å². The summed E-state index contributed by atoms with van der Waals surface area (Å²) in [5.41, 5.74) is 4.32. The van der Waals surface area contributed by atoms with Crippen molar-refractivity contribution in [2.75, 3.05) is 11.9 Å². The van der Waals surface area contributed by atoms with E-state index < -0.39 is 15.9 Å². The highest BCUT2D eigenvalue weighted by atomic mass is 79.9. The maximum absolute atomic E-state index is 12.4. The topological polar surface area (TPSA) is 75.3 Å². The predicted molar refractivity (Wildman–Crippen MR) is 103 cm³/mol. The second kappa shape index (κ2) is 7.68. The van der Waals surface area contributed by atoms with Crippen molar-refractivity contribution in [1.82, 2.24) is 4.72 Å². The molecule has 0 aliphatic heterocycles. The van der Waals surface area contributed by atoms with Gasteiger partial charge in [0.1, 0.15) is 0 Å². The lowest BCUT2D eigenvalue weighted by atomic mass is 10.1. The van der Waals surface area contributed by atoms with E-state index in [1.165, 1.54) is 6.07 Å². The minimum atomic E-state index is -3.77. The number of rotatable bonds is 5. The number of benzene rings is 2. The van der Waals surface area contributed by atoms with Crippen LogP contribution in [0.15, 0.2) is 39.7 Å². The Morgan fingerprint density at radius 2 is 1.60 bits per heavy atom. The molecule has 0 atom stereocenters. The molecule has 0 heterocycles. The quantitative estimate of drug-likeness (QED) is 0.769. The molecule has 25 heavy (non-hydrogen) atoms. The summed E-state index contributed by atoms with van der Waals surface area (Å²) in [6.07, 6.45) is 0. The number of sulfonamides is 1. The van der Waals surface area contributed by atoms with Crippen LogP contribution in [0.1, 0.15) is 22.3 Å². The molecular formula is C18H21BrN2O3S. The van der Waals surface area contributed by atoms with Crippen molar-refractivity contribution in [3.05, 3.63) is 57.1 Å². The van der Waals surface area contributed by atoms with Gasteiger partial charge in [-0.05, 0) is 56.5 Å². The first-order valence-electron chi connectivity index (χ1n) is 7.73. The molecule has 1 amide bonds. The lowest BCUT2D eigenvalue weighted by molar-refractivity contribution is -0.115. The molecule has 0 bridgehead atoms. The van der Waals surface area contributed by atoms with Gasteiger partial charge in [0.25, 0.3) is 0 Å². The summed E-state index contributed by atoms with van der Waals surface area (Å²) in [5, 5.41) is 2.78. The Kier molecular flexibility index (Phi) is 6.03. The molecule has 0 aromatic heterocycles. The van der Waals surface area contributed by atoms with Crippen molar-refractivity contribution < 1.29 is 13.2 Å². The Hall–Kier alpha value is -1.70. The molecule has 134 valence electrons. The third-order valence-electron chi connectivity index (χ3n) is 3.80. The van der Waals surface area contributed by atoms with E-state index in [1.807, 2.05) is 32.9 Å². The first-order chi connectivity index (χ1) is 11.6. The monoisotopic (exact) mass is 424 g/mol. The van der Waals surface area contributed by atoms with Crippen LogP contribution in [0.2, 0.25) is 0 Å². The first-order valence-corrected chi connectivity index (χ1v) is 10.0. The third kappa shape index (κ3) is 4.90. The summed E-state index contributed by atoms with van der Waals surface area (Å²) in [5.74, 6) is -0.411. The standard InChI is InChI=1S/C18H21BrN2O3S/c1-11-7-13(3)18(14(4)8-11)21-17(22)10-20-25(23,24)16-9-15(19)6-5-12(16)2/h5-9,20H,10H2,1-4H3,(H,21,22). The highest BCUT2D eigenvalue weighted by molar-refractivity contribution is 9.10. The molecular weight excluding hydrogens is 404 g/mol. The molecule has 0 saturated heterocycles. The average molecular weight is 425 g/mol. The molecule has 0 unspecified atom stereocenters. The minimum absolute atomic E-state index is 0.150. The Morgan fingerprint density at radius 1 is 1.00 bits per heavy atom. The molecule has 2 aromatic carbocycles. The highest BCUT2D eigenvalue weighted by Crippen LogP contribution is 2.22. The van der Waals surface area contributed by atoms with Crippen LogP contribution in [0.4, 0.5) is 5.69 Å². The number of hydrogen-bond donors (Lipinski definition) is 2. The Labute approximate surface area is 157 Å². The molecule has 0 saturated carbocycles. The molecule has 0 radical (unpaired) electrons. The Balaban J connectivity index is 2.11. The molecule has 5 nitrogen and oxygen atoms in total. The number of aryl methyl sites for hydroxylation is 4. The van der Waals surface area contributed by atoms with Gasteiger partial charge in [-0.25, -0.2) is 13.1 Å². The van der Waals surface area contributed by atoms with Crippen LogP contribution in [-0.2, 0) is 14.8 Å². The van der Waals surface area contributed by atoms with Crippen molar-refractivity contribution in [2.24, 2.45) is 0 Å². The van der Waals surface area contributed by atoms with Gasteiger partial charge in [0.15, 0.2) is 0 Å². The normalized spacial score (nSPS) is 11.4. The zero-order valence-electron chi connectivity index (χ0n) is 14.6. The van der Waals surface area contributed by atoms with Gasteiger partial charge < -0.3 is 5.32 Å². The number of halogens is 1. The van der Waals surface area contributed by atoms with E-state index in [0.717, 1.165) is 16.7 Å². The van der Waals surface area contributed by atoms with Crippen LogP contribution in [0.5, 0.6) is 0 Å². The zero-order valence-corrected chi connectivity index (χ0v) is 17.0. The smallest absolute Gasteiger partial charge is 0.241 e. The van der Waals surface area contributed by atoms with Gasteiger partial charge >= 0.3 is 0 Å². The van der Waals surface area contributed by atoms with E-state index in [0.29, 0.717) is 15.7 Å². The number of carbonyl (C=O) groups is 1. The van der Waals surface area contributed by atoms with Crippen LogP contribution in [-0.4, -0.2) is 20.9 Å². The van der Waals surface area contributed by atoms with Crippen molar-refractivity contribution in [1.29, 1.82) is 0 Å². The molecule has 7 heteroatoms. The van der Waals surface area contributed by atoms with E-state index in [9.17, 15) is 13.2 Å². The molecule has 2 N–H and O–H groups in total. The zero-order chi connectivity index (χ0) is 18.8. The third-order valence-corrected chi connectivity index (χ3v) is 5.84. The fraction of sp³-hybridized carbons (Fsp3) is 0.278. The maximum atomic E-state index is 12.4. The van der Waals surface area contributed by atoms with Gasteiger partial charge in [0, 0.05) is 10.2 Å². The molecule has 2 aromatic rings. The molecule has 0 aliphatic carbocycles. The fourth-order valence-corrected chi connectivity index (χ4v) is 4.43.